The van der Waals surface area contributed by atoms with Gasteiger partial charge in [-0.05, 0) is 37.5 Å². The van der Waals surface area contributed by atoms with Crippen molar-refractivity contribution in [1.82, 2.24) is 0 Å². The summed E-state index contributed by atoms with van der Waals surface area (Å²) in [4.78, 5) is 12.5. The van der Waals surface area contributed by atoms with Crippen LogP contribution in [0.4, 0.5) is 5.69 Å². The highest BCUT2D eigenvalue weighted by atomic mass is 16.2. The van der Waals surface area contributed by atoms with E-state index in [2.05, 4.69) is 17.2 Å². The van der Waals surface area contributed by atoms with E-state index < -0.39 is 0 Å². The van der Waals surface area contributed by atoms with Gasteiger partial charge in [0.25, 0.3) is 0 Å². The number of aliphatic hydroxyl groups is 1. The van der Waals surface area contributed by atoms with Gasteiger partial charge in [-0.15, -0.1) is 0 Å². The molecule has 1 fully saturated rings. The van der Waals surface area contributed by atoms with Crippen LogP contribution in [0.15, 0.2) is 18.2 Å². The summed E-state index contributed by atoms with van der Waals surface area (Å²) in [7, 11) is 0. The molecule has 1 saturated carbocycles. The Bertz CT molecular complexity index is 575. The maximum atomic E-state index is 12.5. The first-order valence-electron chi connectivity index (χ1n) is 7.57. The maximum absolute atomic E-state index is 12.5. The number of rotatable bonds is 3. The number of aliphatic hydroxyl groups excluding tert-OH is 1. The summed E-state index contributed by atoms with van der Waals surface area (Å²) in [6.07, 6.45) is 4.60. The molecule has 3 nitrogen and oxygen atoms in total. The normalized spacial score (nSPS) is 16.1. The topological polar surface area (TPSA) is 49.3 Å². The van der Waals surface area contributed by atoms with E-state index in [1.165, 1.54) is 0 Å². The molecule has 21 heavy (non-hydrogen) atoms. The van der Waals surface area contributed by atoms with Crippen LogP contribution in [0.2, 0.25) is 0 Å². The number of hydrogen-bond acceptors (Lipinski definition) is 2. The predicted molar refractivity (Wildman–Crippen MR) is 85.0 cm³/mol. The largest absolute Gasteiger partial charge is 0.395 e. The highest BCUT2D eigenvalue weighted by Crippen LogP contribution is 2.38. The quantitative estimate of drug-likeness (QED) is 0.838. The second-order valence-corrected chi connectivity index (χ2v) is 6.05. The Hall–Kier alpha value is -1.79. The third-order valence-electron chi connectivity index (χ3n) is 4.14. The number of benzene rings is 1. The monoisotopic (exact) mass is 285 g/mol. The lowest BCUT2D eigenvalue weighted by atomic mass is 9.87. The zero-order valence-electron chi connectivity index (χ0n) is 12.8. The van der Waals surface area contributed by atoms with Crippen LogP contribution in [0.1, 0.15) is 50.2 Å². The van der Waals surface area contributed by atoms with E-state index in [9.17, 15) is 4.79 Å². The first-order valence-corrected chi connectivity index (χ1v) is 7.57. The molecular formula is C18H23NO2. The number of nitrogens with one attached hydrogen (secondary N) is 1. The van der Waals surface area contributed by atoms with E-state index >= 15 is 0 Å². The summed E-state index contributed by atoms with van der Waals surface area (Å²) in [5.74, 6) is 6.05. The molecule has 0 bridgehead atoms. The van der Waals surface area contributed by atoms with Crippen LogP contribution >= 0.6 is 0 Å². The summed E-state index contributed by atoms with van der Waals surface area (Å²) in [6, 6.07) is 5.86. The first kappa shape index (κ1) is 15.6. The molecule has 3 heteroatoms. The second-order valence-electron chi connectivity index (χ2n) is 6.05. The van der Waals surface area contributed by atoms with Gasteiger partial charge in [0, 0.05) is 17.4 Å². The van der Waals surface area contributed by atoms with Gasteiger partial charge in [-0.25, -0.2) is 0 Å². The van der Waals surface area contributed by atoms with Gasteiger partial charge < -0.3 is 10.4 Å². The molecule has 0 aromatic heterocycles. The Kier molecular flexibility index (Phi) is 5.03. The minimum Gasteiger partial charge on any atom is -0.395 e. The third-order valence-corrected chi connectivity index (χ3v) is 4.14. The zero-order chi connectivity index (χ0) is 15.3. The molecule has 112 valence electrons. The highest BCUT2D eigenvalue weighted by Gasteiger charge is 2.36. The molecule has 0 atom stereocenters. The molecule has 0 saturated heterocycles. The summed E-state index contributed by atoms with van der Waals surface area (Å²) < 4.78 is 0. The lowest BCUT2D eigenvalue weighted by Gasteiger charge is -2.22. The number of hydrogen-bond donors (Lipinski definition) is 2. The van der Waals surface area contributed by atoms with Crippen molar-refractivity contribution in [2.75, 3.05) is 11.9 Å². The van der Waals surface area contributed by atoms with Crippen molar-refractivity contribution in [1.29, 1.82) is 0 Å². The van der Waals surface area contributed by atoms with Crippen molar-refractivity contribution >= 4 is 11.6 Å². The van der Waals surface area contributed by atoms with Crippen molar-refractivity contribution in [3.63, 3.8) is 0 Å². The molecule has 0 spiro atoms. The van der Waals surface area contributed by atoms with E-state index in [-0.39, 0.29) is 17.9 Å². The van der Waals surface area contributed by atoms with Crippen LogP contribution in [0.25, 0.3) is 0 Å². The second kappa shape index (κ2) is 6.78. The summed E-state index contributed by atoms with van der Waals surface area (Å²) >= 11 is 0. The molecule has 0 heterocycles. The van der Waals surface area contributed by atoms with Crippen LogP contribution in [0, 0.1) is 24.2 Å². The molecular weight excluding hydrogens is 262 g/mol. The highest BCUT2D eigenvalue weighted by molar-refractivity contribution is 5.96. The van der Waals surface area contributed by atoms with E-state index in [4.69, 9.17) is 5.11 Å². The fourth-order valence-electron chi connectivity index (χ4n) is 2.74. The van der Waals surface area contributed by atoms with E-state index in [0.717, 1.165) is 42.5 Å². The Labute approximate surface area is 126 Å². The molecule has 1 aromatic carbocycles. The molecule has 1 aliphatic rings. The number of amides is 1. The molecule has 1 aliphatic carbocycles. The van der Waals surface area contributed by atoms with Crippen molar-refractivity contribution in [3.05, 3.63) is 29.3 Å². The van der Waals surface area contributed by atoms with Gasteiger partial charge in [0.2, 0.25) is 5.91 Å². The minimum absolute atomic E-state index is 0.0541. The molecule has 2 rings (SSSR count). The van der Waals surface area contributed by atoms with Crippen molar-refractivity contribution < 1.29 is 9.90 Å². The minimum atomic E-state index is -0.249. The van der Waals surface area contributed by atoms with Gasteiger partial charge in [0.1, 0.15) is 0 Å². The number of carbonyl (C=O) groups is 1. The van der Waals surface area contributed by atoms with Gasteiger partial charge in [-0.2, -0.15) is 0 Å². The van der Waals surface area contributed by atoms with Gasteiger partial charge >= 0.3 is 0 Å². The standard InChI is InChI=1S/C18H23NO2/c1-14-8-9-16(15(13-14)7-3-6-12-20)19-17(21)18(2)10-4-5-11-18/h8-9,13,20H,4-6,10-12H2,1-2H3,(H,19,21). The third kappa shape index (κ3) is 3.86. The average molecular weight is 285 g/mol. The Balaban J connectivity index is 2.19. The van der Waals surface area contributed by atoms with Gasteiger partial charge in [-0.1, -0.05) is 37.7 Å². The fourth-order valence-corrected chi connectivity index (χ4v) is 2.74. The molecule has 0 aliphatic heterocycles. The Morgan fingerprint density at radius 1 is 1.38 bits per heavy atom. The first-order chi connectivity index (χ1) is 10.0. The number of aryl methyl sites for hydroxylation is 1. The van der Waals surface area contributed by atoms with Gasteiger partial charge in [0.05, 0.1) is 12.3 Å². The van der Waals surface area contributed by atoms with E-state index in [0.29, 0.717) is 6.42 Å². The van der Waals surface area contributed by atoms with E-state index in [1.54, 1.807) is 0 Å². The number of anilines is 1. The van der Waals surface area contributed by atoms with Crippen LogP contribution in [0.3, 0.4) is 0 Å². The van der Waals surface area contributed by atoms with Crippen molar-refractivity contribution in [2.24, 2.45) is 5.41 Å². The van der Waals surface area contributed by atoms with Crippen molar-refractivity contribution in [3.8, 4) is 11.8 Å². The average Bonchev–Trinajstić information content (AvgIpc) is 2.90. The molecule has 2 N–H and O–H groups in total. The Morgan fingerprint density at radius 3 is 2.76 bits per heavy atom. The van der Waals surface area contributed by atoms with Gasteiger partial charge in [0.15, 0.2) is 0 Å². The van der Waals surface area contributed by atoms with Crippen LogP contribution in [-0.2, 0) is 4.79 Å². The summed E-state index contributed by atoms with van der Waals surface area (Å²) in [5, 5.41) is 11.9. The lowest BCUT2D eigenvalue weighted by Crippen LogP contribution is -2.31. The summed E-state index contributed by atoms with van der Waals surface area (Å²) in [5.41, 5.74) is 2.44. The van der Waals surface area contributed by atoms with Crippen LogP contribution in [-0.4, -0.2) is 17.6 Å². The molecule has 0 unspecified atom stereocenters. The fraction of sp³-hybridized carbons (Fsp3) is 0.500. The van der Waals surface area contributed by atoms with Gasteiger partial charge in [-0.3, -0.25) is 4.79 Å². The van der Waals surface area contributed by atoms with Crippen molar-refractivity contribution in [2.45, 2.75) is 46.0 Å². The predicted octanol–water partition coefficient (Wildman–Crippen LogP) is 3.25. The maximum Gasteiger partial charge on any atom is 0.230 e. The number of carbonyl (C=O) groups excluding carboxylic acids is 1. The molecule has 0 radical (unpaired) electrons. The smallest absolute Gasteiger partial charge is 0.230 e. The Morgan fingerprint density at radius 2 is 2.10 bits per heavy atom. The molecule has 1 amide bonds. The summed E-state index contributed by atoms with van der Waals surface area (Å²) in [6.45, 7) is 4.10. The molecule has 1 aromatic rings. The SMILES string of the molecule is Cc1ccc(NC(=O)C2(C)CCCC2)c(C#CCCO)c1. The van der Waals surface area contributed by atoms with E-state index in [1.807, 2.05) is 32.0 Å². The zero-order valence-corrected chi connectivity index (χ0v) is 12.8. The lowest BCUT2D eigenvalue weighted by molar-refractivity contribution is -0.124. The van der Waals surface area contributed by atoms with Crippen LogP contribution < -0.4 is 5.32 Å². The van der Waals surface area contributed by atoms with Crippen LogP contribution in [0.5, 0.6) is 0 Å².